The number of piperazine rings is 1. The Bertz CT molecular complexity index is 481. The number of nitrogens with zero attached hydrogens (tertiary/aromatic N) is 2. The normalized spacial score (nSPS) is 19.8. The molecule has 21 heavy (non-hydrogen) atoms. The zero-order valence-electron chi connectivity index (χ0n) is 13.2. The molecule has 118 valence electrons. The number of nitrogens with two attached hydrogens (primary N) is 1. The Kier molecular flexibility index (Phi) is 5.28. The third-order valence-electron chi connectivity index (χ3n) is 4.13. The lowest BCUT2D eigenvalue weighted by Gasteiger charge is -2.40. The van der Waals surface area contributed by atoms with Crippen molar-refractivity contribution in [1.82, 2.24) is 4.90 Å². The van der Waals surface area contributed by atoms with Crippen molar-refractivity contribution in [3.63, 3.8) is 0 Å². The minimum absolute atomic E-state index is 0.299. The molecule has 1 aliphatic heterocycles. The third kappa shape index (κ3) is 3.59. The summed E-state index contributed by atoms with van der Waals surface area (Å²) in [7, 11) is 2.15. The Labute approximate surface area is 126 Å². The van der Waals surface area contributed by atoms with Crippen molar-refractivity contribution >= 4 is 11.4 Å². The SMILES string of the molecule is CCCOc1cc(N2CCN(C)C(CC)C2)c(N)cc1F. The number of nitrogen functional groups attached to an aromatic ring is 1. The van der Waals surface area contributed by atoms with Gasteiger partial charge in [-0.2, -0.15) is 0 Å². The van der Waals surface area contributed by atoms with Gasteiger partial charge in [0, 0.05) is 37.8 Å². The topological polar surface area (TPSA) is 41.7 Å². The second-order valence-electron chi connectivity index (χ2n) is 5.68. The van der Waals surface area contributed by atoms with E-state index >= 15 is 0 Å². The highest BCUT2D eigenvalue weighted by Gasteiger charge is 2.25. The first-order valence-corrected chi connectivity index (χ1v) is 7.73. The number of halogens is 1. The Morgan fingerprint density at radius 3 is 2.76 bits per heavy atom. The van der Waals surface area contributed by atoms with Crippen molar-refractivity contribution in [3.05, 3.63) is 17.9 Å². The molecule has 4 nitrogen and oxygen atoms in total. The maximum atomic E-state index is 13.9. The molecule has 1 aromatic carbocycles. The highest BCUT2D eigenvalue weighted by Crippen LogP contribution is 2.32. The van der Waals surface area contributed by atoms with Gasteiger partial charge in [-0.05, 0) is 19.9 Å². The highest BCUT2D eigenvalue weighted by molar-refractivity contribution is 5.70. The zero-order chi connectivity index (χ0) is 15.4. The fourth-order valence-corrected chi connectivity index (χ4v) is 2.76. The van der Waals surface area contributed by atoms with E-state index in [4.69, 9.17) is 10.5 Å². The fourth-order valence-electron chi connectivity index (χ4n) is 2.76. The van der Waals surface area contributed by atoms with E-state index in [1.165, 1.54) is 6.07 Å². The fraction of sp³-hybridized carbons (Fsp3) is 0.625. The van der Waals surface area contributed by atoms with Gasteiger partial charge in [0.2, 0.25) is 0 Å². The lowest BCUT2D eigenvalue weighted by Crippen LogP contribution is -2.51. The second kappa shape index (κ2) is 6.98. The Hall–Kier alpha value is -1.49. The third-order valence-corrected chi connectivity index (χ3v) is 4.13. The van der Waals surface area contributed by atoms with E-state index in [9.17, 15) is 4.39 Å². The van der Waals surface area contributed by atoms with Gasteiger partial charge >= 0.3 is 0 Å². The van der Waals surface area contributed by atoms with Gasteiger partial charge in [0.25, 0.3) is 0 Å². The number of anilines is 2. The highest BCUT2D eigenvalue weighted by atomic mass is 19.1. The van der Waals surface area contributed by atoms with Crippen LogP contribution in [0.15, 0.2) is 12.1 Å². The molecular formula is C16H26FN3O. The molecule has 0 saturated carbocycles. The first kappa shape index (κ1) is 15.9. The predicted octanol–water partition coefficient (Wildman–Crippen LogP) is 2.73. The first-order chi connectivity index (χ1) is 10.1. The summed E-state index contributed by atoms with van der Waals surface area (Å²) in [4.78, 5) is 4.60. The van der Waals surface area contributed by atoms with Crippen LogP contribution in [0.25, 0.3) is 0 Å². The van der Waals surface area contributed by atoms with E-state index in [0.717, 1.165) is 38.2 Å². The van der Waals surface area contributed by atoms with Crippen molar-refractivity contribution in [2.75, 3.05) is 43.9 Å². The van der Waals surface area contributed by atoms with Gasteiger partial charge in [-0.15, -0.1) is 0 Å². The van der Waals surface area contributed by atoms with Crippen LogP contribution in [-0.4, -0.2) is 44.2 Å². The lowest BCUT2D eigenvalue weighted by atomic mass is 10.1. The second-order valence-corrected chi connectivity index (χ2v) is 5.68. The minimum Gasteiger partial charge on any atom is -0.490 e. The zero-order valence-corrected chi connectivity index (χ0v) is 13.2. The average Bonchev–Trinajstić information content (AvgIpc) is 2.47. The van der Waals surface area contributed by atoms with E-state index in [0.29, 0.717) is 24.1 Å². The summed E-state index contributed by atoms with van der Waals surface area (Å²) >= 11 is 0. The number of hydrogen-bond donors (Lipinski definition) is 1. The maximum absolute atomic E-state index is 13.9. The summed E-state index contributed by atoms with van der Waals surface area (Å²) < 4.78 is 19.4. The molecule has 1 heterocycles. The molecule has 0 aliphatic carbocycles. The minimum atomic E-state index is -0.383. The van der Waals surface area contributed by atoms with Crippen molar-refractivity contribution in [1.29, 1.82) is 0 Å². The van der Waals surface area contributed by atoms with Crippen molar-refractivity contribution in [2.45, 2.75) is 32.7 Å². The molecule has 0 spiro atoms. The molecule has 5 heteroatoms. The van der Waals surface area contributed by atoms with Crippen LogP contribution in [0, 0.1) is 5.82 Å². The standard InChI is InChI=1S/C16H26FN3O/c1-4-8-21-16-10-15(14(18)9-13(16)17)20-7-6-19(3)12(5-2)11-20/h9-10,12H,4-8,11,18H2,1-3H3. The summed E-state index contributed by atoms with van der Waals surface area (Å²) in [6.45, 7) is 7.50. The number of rotatable bonds is 5. The molecule has 1 aliphatic rings. The van der Waals surface area contributed by atoms with Crippen LogP contribution in [0.1, 0.15) is 26.7 Å². The molecule has 2 rings (SSSR count). The molecule has 0 bridgehead atoms. The predicted molar refractivity (Wildman–Crippen MR) is 85.5 cm³/mol. The van der Waals surface area contributed by atoms with Crippen LogP contribution >= 0.6 is 0 Å². The van der Waals surface area contributed by atoms with Crippen LogP contribution in [0.2, 0.25) is 0 Å². The molecule has 1 saturated heterocycles. The summed E-state index contributed by atoms with van der Waals surface area (Å²) in [6.07, 6.45) is 1.94. The number of ether oxygens (including phenoxy) is 1. The quantitative estimate of drug-likeness (QED) is 0.848. The molecule has 0 aromatic heterocycles. The first-order valence-electron chi connectivity index (χ1n) is 7.73. The van der Waals surface area contributed by atoms with Crippen molar-refractivity contribution in [3.8, 4) is 5.75 Å². The molecule has 2 N–H and O–H groups in total. The summed E-state index contributed by atoms with van der Waals surface area (Å²) in [6, 6.07) is 3.63. The number of benzene rings is 1. The van der Waals surface area contributed by atoms with Gasteiger partial charge in [-0.25, -0.2) is 4.39 Å². The van der Waals surface area contributed by atoms with E-state index in [1.807, 2.05) is 6.92 Å². The molecule has 1 fully saturated rings. The van der Waals surface area contributed by atoms with E-state index in [-0.39, 0.29) is 5.82 Å². The molecule has 0 amide bonds. The van der Waals surface area contributed by atoms with Gasteiger partial charge in [-0.1, -0.05) is 13.8 Å². The number of likely N-dealkylation sites (N-methyl/N-ethyl adjacent to an activating group) is 1. The largest absolute Gasteiger partial charge is 0.490 e. The maximum Gasteiger partial charge on any atom is 0.167 e. The molecule has 1 aromatic rings. The van der Waals surface area contributed by atoms with Gasteiger partial charge < -0.3 is 15.4 Å². The van der Waals surface area contributed by atoms with Crippen LogP contribution in [0.3, 0.4) is 0 Å². The lowest BCUT2D eigenvalue weighted by molar-refractivity contribution is 0.213. The summed E-state index contributed by atoms with van der Waals surface area (Å²) in [5, 5.41) is 0. The Balaban J connectivity index is 2.22. The van der Waals surface area contributed by atoms with E-state index in [1.54, 1.807) is 6.07 Å². The van der Waals surface area contributed by atoms with Crippen LogP contribution < -0.4 is 15.4 Å². The van der Waals surface area contributed by atoms with E-state index < -0.39 is 0 Å². The van der Waals surface area contributed by atoms with Gasteiger partial charge in [0.1, 0.15) is 0 Å². The average molecular weight is 295 g/mol. The molecule has 1 atom stereocenters. The van der Waals surface area contributed by atoms with Crippen LogP contribution in [0.4, 0.5) is 15.8 Å². The summed E-state index contributed by atoms with van der Waals surface area (Å²) in [5.41, 5.74) is 7.39. The molecular weight excluding hydrogens is 269 g/mol. The van der Waals surface area contributed by atoms with Gasteiger partial charge in [0.15, 0.2) is 11.6 Å². The van der Waals surface area contributed by atoms with Gasteiger partial charge in [0.05, 0.1) is 18.0 Å². The molecule has 1 unspecified atom stereocenters. The molecule has 0 radical (unpaired) electrons. The van der Waals surface area contributed by atoms with Crippen molar-refractivity contribution < 1.29 is 9.13 Å². The van der Waals surface area contributed by atoms with Crippen molar-refractivity contribution in [2.24, 2.45) is 0 Å². The Morgan fingerprint density at radius 1 is 1.33 bits per heavy atom. The van der Waals surface area contributed by atoms with Crippen LogP contribution in [0.5, 0.6) is 5.75 Å². The summed E-state index contributed by atoms with van der Waals surface area (Å²) in [5.74, 6) is -0.0844. The number of hydrogen-bond acceptors (Lipinski definition) is 4. The van der Waals surface area contributed by atoms with Gasteiger partial charge in [-0.3, -0.25) is 4.90 Å². The monoisotopic (exact) mass is 295 g/mol. The Morgan fingerprint density at radius 2 is 2.10 bits per heavy atom. The van der Waals surface area contributed by atoms with Crippen LogP contribution in [-0.2, 0) is 0 Å². The van der Waals surface area contributed by atoms with E-state index in [2.05, 4.69) is 23.8 Å². The smallest absolute Gasteiger partial charge is 0.167 e.